The molecule has 0 radical (unpaired) electrons. The van der Waals surface area contributed by atoms with Crippen molar-refractivity contribution in [3.05, 3.63) is 36.5 Å². The monoisotopic (exact) mass is 927 g/mol. The van der Waals surface area contributed by atoms with E-state index in [1.54, 1.807) is 0 Å². The number of hydrogen-bond acceptors (Lipinski definition) is 6. The molecule has 0 aromatic carbocycles. The van der Waals surface area contributed by atoms with Crippen LogP contribution >= 0.6 is 0 Å². The van der Waals surface area contributed by atoms with Gasteiger partial charge in [0.05, 0.1) is 0 Å². The van der Waals surface area contributed by atoms with Gasteiger partial charge in [-0.3, -0.25) is 14.4 Å². The van der Waals surface area contributed by atoms with Gasteiger partial charge in [-0.15, -0.1) is 0 Å². The van der Waals surface area contributed by atoms with Gasteiger partial charge >= 0.3 is 17.9 Å². The van der Waals surface area contributed by atoms with Crippen LogP contribution in [0.25, 0.3) is 0 Å². The summed E-state index contributed by atoms with van der Waals surface area (Å²) >= 11 is 0. The van der Waals surface area contributed by atoms with Crippen molar-refractivity contribution in [1.82, 2.24) is 0 Å². The Labute approximate surface area is 410 Å². The minimum Gasteiger partial charge on any atom is -0.462 e. The highest BCUT2D eigenvalue weighted by atomic mass is 16.6. The molecule has 0 rings (SSSR count). The van der Waals surface area contributed by atoms with Crippen LogP contribution in [0.2, 0.25) is 0 Å². The third kappa shape index (κ3) is 52.6. The Hall–Kier alpha value is -2.37. The van der Waals surface area contributed by atoms with Crippen molar-refractivity contribution in [2.45, 2.75) is 316 Å². The molecule has 0 spiro atoms. The van der Waals surface area contributed by atoms with Crippen molar-refractivity contribution in [2.75, 3.05) is 13.2 Å². The maximum absolute atomic E-state index is 12.8. The van der Waals surface area contributed by atoms with Gasteiger partial charge in [-0.2, -0.15) is 0 Å². The zero-order valence-corrected chi connectivity index (χ0v) is 44.2. The van der Waals surface area contributed by atoms with Crippen LogP contribution in [0.15, 0.2) is 36.5 Å². The van der Waals surface area contributed by atoms with Crippen LogP contribution in [0.4, 0.5) is 0 Å². The highest BCUT2D eigenvalue weighted by molar-refractivity contribution is 5.71. The predicted octanol–water partition coefficient (Wildman–Crippen LogP) is 19.3. The Balaban J connectivity index is 4.31. The smallest absolute Gasteiger partial charge is 0.306 e. The quantitative estimate of drug-likeness (QED) is 0.0262. The van der Waals surface area contributed by atoms with Crippen LogP contribution in [0, 0.1) is 0 Å². The van der Waals surface area contributed by atoms with E-state index in [4.69, 9.17) is 14.2 Å². The third-order valence-electron chi connectivity index (χ3n) is 12.9. The van der Waals surface area contributed by atoms with Crippen molar-refractivity contribution >= 4 is 17.9 Å². The van der Waals surface area contributed by atoms with E-state index in [0.29, 0.717) is 19.3 Å². The minimum atomic E-state index is -0.773. The molecular weight excluding hydrogens is 817 g/mol. The summed E-state index contributed by atoms with van der Waals surface area (Å²) in [5.74, 6) is -0.867. The summed E-state index contributed by atoms with van der Waals surface area (Å²) in [5.41, 5.74) is 0. The first kappa shape index (κ1) is 63.6. The first-order chi connectivity index (χ1) is 32.5. The zero-order valence-electron chi connectivity index (χ0n) is 44.2. The second-order valence-corrected chi connectivity index (χ2v) is 19.6. The maximum Gasteiger partial charge on any atom is 0.306 e. The second-order valence-electron chi connectivity index (χ2n) is 19.6. The van der Waals surface area contributed by atoms with Gasteiger partial charge in [0.1, 0.15) is 13.2 Å². The van der Waals surface area contributed by atoms with Gasteiger partial charge in [-0.25, -0.2) is 0 Å². The normalized spacial score (nSPS) is 12.2. The molecule has 0 aliphatic carbocycles. The van der Waals surface area contributed by atoms with E-state index < -0.39 is 6.10 Å². The predicted molar refractivity (Wildman–Crippen MR) is 284 cm³/mol. The van der Waals surface area contributed by atoms with Crippen LogP contribution in [-0.4, -0.2) is 37.2 Å². The molecule has 386 valence electrons. The standard InChI is InChI=1S/C60H110O6/c1-4-7-10-13-16-19-22-24-26-28-30-32-33-35-38-41-44-47-50-53-59(62)65-56-57(55-64-58(61)52-49-46-43-40-37-21-18-15-12-9-6-3)66-60(63)54-51-48-45-42-39-36-34-31-29-27-25-23-20-17-14-11-8-5-2/h16,19,24,26,30,32,57H,4-15,17-18,20-23,25,27-29,31,33-56H2,1-3H3/b19-16-,26-24-,32-30-. The molecular formula is C60H110O6. The summed E-state index contributed by atoms with van der Waals surface area (Å²) in [6.07, 6.45) is 65.6. The molecule has 0 aliphatic heterocycles. The largest absolute Gasteiger partial charge is 0.462 e. The lowest BCUT2D eigenvalue weighted by atomic mass is 10.0. The molecule has 66 heavy (non-hydrogen) atoms. The zero-order chi connectivity index (χ0) is 47.9. The molecule has 0 heterocycles. The number of ether oxygens (including phenoxy) is 3. The van der Waals surface area contributed by atoms with Gasteiger partial charge in [0.15, 0.2) is 6.10 Å². The highest BCUT2D eigenvalue weighted by Crippen LogP contribution is 2.17. The van der Waals surface area contributed by atoms with Gasteiger partial charge < -0.3 is 14.2 Å². The molecule has 1 atom stereocenters. The van der Waals surface area contributed by atoms with Crippen LogP contribution in [0.5, 0.6) is 0 Å². The number of unbranched alkanes of at least 4 members (excludes halogenated alkanes) is 36. The maximum atomic E-state index is 12.8. The first-order valence-corrected chi connectivity index (χ1v) is 29.0. The first-order valence-electron chi connectivity index (χ1n) is 29.0. The Bertz CT molecular complexity index is 1110. The minimum absolute atomic E-state index is 0.0717. The van der Waals surface area contributed by atoms with Crippen LogP contribution in [0.3, 0.4) is 0 Å². The van der Waals surface area contributed by atoms with Gasteiger partial charge in [0.2, 0.25) is 0 Å². The molecule has 0 aliphatic rings. The molecule has 0 bridgehead atoms. The lowest BCUT2D eigenvalue weighted by molar-refractivity contribution is -0.167. The Morgan fingerprint density at radius 2 is 0.545 bits per heavy atom. The van der Waals surface area contributed by atoms with E-state index in [9.17, 15) is 14.4 Å². The van der Waals surface area contributed by atoms with Gasteiger partial charge in [-0.1, -0.05) is 269 Å². The lowest BCUT2D eigenvalue weighted by Gasteiger charge is -2.18. The number of allylic oxidation sites excluding steroid dienone is 6. The molecule has 0 aromatic rings. The molecule has 0 saturated heterocycles. The van der Waals surface area contributed by atoms with Gasteiger partial charge in [-0.05, 0) is 57.8 Å². The van der Waals surface area contributed by atoms with E-state index in [0.717, 1.165) is 77.0 Å². The van der Waals surface area contributed by atoms with E-state index in [1.807, 2.05) is 0 Å². The second kappa shape index (κ2) is 55.2. The lowest BCUT2D eigenvalue weighted by Crippen LogP contribution is -2.30. The van der Waals surface area contributed by atoms with E-state index in [-0.39, 0.29) is 31.1 Å². The third-order valence-corrected chi connectivity index (χ3v) is 12.9. The summed E-state index contributed by atoms with van der Waals surface area (Å²) in [5, 5.41) is 0. The number of carbonyl (C=O) groups excluding carboxylic acids is 3. The molecule has 6 nitrogen and oxygen atoms in total. The summed E-state index contributed by atoms with van der Waals surface area (Å²) in [6, 6.07) is 0. The summed E-state index contributed by atoms with van der Waals surface area (Å²) in [4.78, 5) is 38.1. The van der Waals surface area contributed by atoms with E-state index >= 15 is 0 Å². The van der Waals surface area contributed by atoms with Crippen molar-refractivity contribution < 1.29 is 28.6 Å². The van der Waals surface area contributed by atoms with Crippen molar-refractivity contribution in [3.8, 4) is 0 Å². The fraction of sp³-hybridized carbons (Fsp3) is 0.850. The number of carbonyl (C=O) groups is 3. The summed E-state index contributed by atoms with van der Waals surface area (Å²) < 4.78 is 16.9. The highest BCUT2D eigenvalue weighted by Gasteiger charge is 2.19. The average molecular weight is 928 g/mol. The fourth-order valence-corrected chi connectivity index (χ4v) is 8.51. The van der Waals surface area contributed by atoms with Gasteiger partial charge in [0.25, 0.3) is 0 Å². The molecule has 0 fully saturated rings. The molecule has 1 unspecified atom stereocenters. The van der Waals surface area contributed by atoms with Crippen molar-refractivity contribution in [2.24, 2.45) is 0 Å². The molecule has 0 aromatic heterocycles. The van der Waals surface area contributed by atoms with Crippen LogP contribution in [-0.2, 0) is 28.6 Å². The SMILES string of the molecule is CCCCC/C=C\C/C=C\C/C=C\CCCCCCCCC(=O)OCC(COC(=O)CCCCCCCCCCCCC)OC(=O)CCCCCCCCCCCCCCCCCCCC. The van der Waals surface area contributed by atoms with E-state index in [1.165, 1.54) is 193 Å². The molecule has 6 heteroatoms. The number of esters is 3. The topological polar surface area (TPSA) is 78.9 Å². The Morgan fingerprint density at radius 3 is 0.879 bits per heavy atom. The average Bonchev–Trinajstić information content (AvgIpc) is 3.31. The fourth-order valence-electron chi connectivity index (χ4n) is 8.51. The van der Waals surface area contributed by atoms with Crippen LogP contribution in [0.1, 0.15) is 310 Å². The Kier molecular flexibility index (Phi) is 53.2. The van der Waals surface area contributed by atoms with Crippen LogP contribution < -0.4 is 0 Å². The molecule has 0 amide bonds. The van der Waals surface area contributed by atoms with E-state index in [2.05, 4.69) is 57.2 Å². The molecule has 0 N–H and O–H groups in total. The Morgan fingerprint density at radius 1 is 0.303 bits per heavy atom. The number of rotatable bonds is 53. The van der Waals surface area contributed by atoms with Gasteiger partial charge in [0, 0.05) is 19.3 Å². The summed E-state index contributed by atoms with van der Waals surface area (Å²) in [7, 11) is 0. The van der Waals surface area contributed by atoms with Crippen molar-refractivity contribution in [3.63, 3.8) is 0 Å². The summed E-state index contributed by atoms with van der Waals surface area (Å²) in [6.45, 7) is 6.64. The van der Waals surface area contributed by atoms with Crippen molar-refractivity contribution in [1.29, 1.82) is 0 Å². The number of hydrogen-bond donors (Lipinski definition) is 0. The molecule has 0 saturated carbocycles.